The van der Waals surface area contributed by atoms with Gasteiger partial charge in [0.25, 0.3) is 0 Å². The Morgan fingerprint density at radius 1 is 1.15 bits per heavy atom. The quantitative estimate of drug-likeness (QED) is 0.559. The highest BCUT2D eigenvalue weighted by Crippen LogP contribution is 2.32. The molecule has 2 fully saturated rings. The van der Waals surface area contributed by atoms with Crippen molar-refractivity contribution in [3.8, 4) is 0 Å². The molecule has 1 aromatic rings. The van der Waals surface area contributed by atoms with E-state index in [0.717, 1.165) is 18.3 Å². The first-order valence-corrected chi connectivity index (χ1v) is 8.88. The molecular weight excluding hydrogens is 367 g/mol. The van der Waals surface area contributed by atoms with Crippen molar-refractivity contribution in [2.24, 2.45) is 5.92 Å². The van der Waals surface area contributed by atoms with Gasteiger partial charge in [-0.05, 0) is 24.5 Å². The van der Waals surface area contributed by atoms with E-state index < -0.39 is 36.1 Å². The normalized spacial score (nSPS) is 32.9. The second-order valence-corrected chi connectivity index (χ2v) is 7.25. The number of hydrogen-bond donors (Lipinski definition) is 4. The van der Waals surface area contributed by atoms with Crippen molar-refractivity contribution in [1.82, 2.24) is 9.88 Å². The lowest BCUT2D eigenvalue weighted by atomic mass is 9.93. The van der Waals surface area contributed by atoms with Crippen LogP contribution in [0.25, 0.3) is 0 Å². The van der Waals surface area contributed by atoms with E-state index in [1.165, 1.54) is 0 Å². The van der Waals surface area contributed by atoms with Crippen molar-refractivity contribution >= 4 is 5.82 Å². The summed E-state index contributed by atoms with van der Waals surface area (Å²) in [6.07, 6.45) is -6.26. The van der Waals surface area contributed by atoms with Crippen molar-refractivity contribution in [3.63, 3.8) is 0 Å². The van der Waals surface area contributed by atoms with Crippen LogP contribution in [0.5, 0.6) is 0 Å². The van der Waals surface area contributed by atoms with Crippen LogP contribution >= 0.6 is 0 Å². The second kappa shape index (κ2) is 7.88. The second-order valence-electron chi connectivity index (χ2n) is 7.25. The summed E-state index contributed by atoms with van der Waals surface area (Å²) >= 11 is 0. The van der Waals surface area contributed by atoms with E-state index in [4.69, 9.17) is 0 Å². The van der Waals surface area contributed by atoms with Gasteiger partial charge < -0.3 is 25.3 Å². The maximum absolute atomic E-state index is 12.9. The van der Waals surface area contributed by atoms with Gasteiger partial charge in [-0.1, -0.05) is 0 Å². The number of aromatic nitrogens is 1. The van der Waals surface area contributed by atoms with Crippen LogP contribution in [0.4, 0.5) is 19.0 Å². The third-order valence-corrected chi connectivity index (χ3v) is 5.39. The maximum atomic E-state index is 12.9. The third kappa shape index (κ3) is 4.35. The number of anilines is 1. The Bertz CT molecular complexity index is 648. The van der Waals surface area contributed by atoms with Gasteiger partial charge >= 0.3 is 6.18 Å². The lowest BCUT2D eigenvalue weighted by molar-refractivity contribution is -0.146. The van der Waals surface area contributed by atoms with Crippen LogP contribution in [0, 0.1) is 5.92 Å². The molecule has 2 aliphatic rings. The zero-order valence-electron chi connectivity index (χ0n) is 14.6. The van der Waals surface area contributed by atoms with Gasteiger partial charge in [-0.15, -0.1) is 0 Å². The number of aliphatic hydroxyl groups is 4. The molecule has 0 aliphatic carbocycles. The average molecular weight is 391 g/mol. The number of piperidine rings is 1. The molecule has 27 heavy (non-hydrogen) atoms. The third-order valence-electron chi connectivity index (χ3n) is 5.39. The van der Waals surface area contributed by atoms with Crippen LogP contribution in [0.1, 0.15) is 12.0 Å². The van der Waals surface area contributed by atoms with Crippen LogP contribution in [0.3, 0.4) is 0 Å². The van der Waals surface area contributed by atoms with Gasteiger partial charge in [0.15, 0.2) is 0 Å². The van der Waals surface area contributed by atoms with Crippen molar-refractivity contribution in [1.29, 1.82) is 0 Å². The molecule has 2 saturated heterocycles. The fraction of sp³-hybridized carbons (Fsp3) is 0.706. The molecule has 0 spiro atoms. The minimum absolute atomic E-state index is 0.0741. The van der Waals surface area contributed by atoms with Crippen LogP contribution in [-0.2, 0) is 6.18 Å². The van der Waals surface area contributed by atoms with Gasteiger partial charge in [0, 0.05) is 32.4 Å². The number of β-amino-alcohol motifs (C(OH)–C–C–N with tert-alkyl or cyclic N) is 1. The van der Waals surface area contributed by atoms with E-state index in [9.17, 15) is 33.6 Å². The summed E-state index contributed by atoms with van der Waals surface area (Å²) in [4.78, 5) is 7.55. The first-order valence-electron chi connectivity index (χ1n) is 8.88. The lowest BCUT2D eigenvalue weighted by Gasteiger charge is -2.44. The Hall–Kier alpha value is -1.46. The van der Waals surface area contributed by atoms with Crippen LogP contribution in [-0.4, -0.2) is 87.4 Å². The fourth-order valence-corrected chi connectivity index (χ4v) is 3.88. The molecule has 3 rings (SSSR count). The van der Waals surface area contributed by atoms with E-state index in [0.29, 0.717) is 26.1 Å². The molecule has 0 amide bonds. The molecule has 5 atom stereocenters. The van der Waals surface area contributed by atoms with E-state index in [-0.39, 0.29) is 24.9 Å². The van der Waals surface area contributed by atoms with Crippen molar-refractivity contribution in [2.75, 3.05) is 37.7 Å². The van der Waals surface area contributed by atoms with E-state index in [1.54, 1.807) is 9.80 Å². The summed E-state index contributed by atoms with van der Waals surface area (Å²) in [5, 5.41) is 39.2. The highest BCUT2D eigenvalue weighted by Gasteiger charge is 2.42. The summed E-state index contributed by atoms with van der Waals surface area (Å²) < 4.78 is 38.6. The van der Waals surface area contributed by atoms with E-state index >= 15 is 0 Å². The zero-order chi connectivity index (χ0) is 19.8. The van der Waals surface area contributed by atoms with Gasteiger partial charge in [0.1, 0.15) is 18.0 Å². The van der Waals surface area contributed by atoms with Crippen LogP contribution in [0.2, 0.25) is 0 Å². The van der Waals surface area contributed by atoms with E-state index in [2.05, 4.69) is 4.98 Å². The highest BCUT2D eigenvalue weighted by atomic mass is 19.4. The number of halogens is 3. The largest absolute Gasteiger partial charge is 0.416 e. The van der Waals surface area contributed by atoms with Gasteiger partial charge in [0.05, 0.1) is 24.3 Å². The summed E-state index contributed by atoms with van der Waals surface area (Å²) in [6.45, 7) is 1.22. The Morgan fingerprint density at radius 3 is 2.56 bits per heavy atom. The topological polar surface area (TPSA) is 100 Å². The zero-order valence-corrected chi connectivity index (χ0v) is 14.6. The average Bonchev–Trinajstić information content (AvgIpc) is 3.08. The van der Waals surface area contributed by atoms with Gasteiger partial charge in [0.2, 0.25) is 0 Å². The first kappa shape index (κ1) is 20.3. The molecule has 1 aromatic heterocycles. The minimum Gasteiger partial charge on any atom is -0.395 e. The molecular formula is C17H24F3N3O4. The molecule has 4 N–H and O–H groups in total. The maximum Gasteiger partial charge on any atom is 0.416 e. The standard InChI is InChI=1S/C17H24F3N3O4/c18-17(19,20)11-1-3-21-14(5-11)22-4-2-10(6-22)7-23-8-13(25)16(27)15(26)12(23)9-24/h1,3,5,10,12-13,15-16,24-27H,2,4,6-9H2/t10-,12+,13-,15+,16+/m0/s1. The molecule has 2 aliphatic heterocycles. The summed E-state index contributed by atoms with van der Waals surface area (Å²) in [5.74, 6) is 0.338. The van der Waals surface area contributed by atoms with Gasteiger partial charge in [-0.25, -0.2) is 4.98 Å². The number of alkyl halides is 3. The molecule has 0 bridgehead atoms. The summed E-state index contributed by atoms with van der Waals surface area (Å²) in [6, 6.07) is 1.28. The molecule has 0 radical (unpaired) electrons. The minimum atomic E-state index is -4.42. The number of pyridine rings is 1. The molecule has 3 heterocycles. The molecule has 0 aromatic carbocycles. The van der Waals surface area contributed by atoms with Crippen LogP contribution in [0.15, 0.2) is 18.3 Å². The predicted octanol–water partition coefficient (Wildman–Crippen LogP) is -0.314. The fourth-order valence-electron chi connectivity index (χ4n) is 3.88. The first-order chi connectivity index (χ1) is 12.7. The monoisotopic (exact) mass is 391 g/mol. The molecule has 10 heteroatoms. The number of hydrogen-bond acceptors (Lipinski definition) is 7. The van der Waals surface area contributed by atoms with Crippen molar-refractivity contribution in [2.45, 2.75) is 37.0 Å². The summed E-state index contributed by atoms with van der Waals surface area (Å²) in [7, 11) is 0. The molecule has 0 saturated carbocycles. The Balaban J connectivity index is 1.64. The smallest absolute Gasteiger partial charge is 0.395 e. The lowest BCUT2D eigenvalue weighted by Crippen LogP contribution is -2.63. The SMILES string of the molecule is OC[C@@H]1[C@@H](O)[C@H](O)[C@@H](O)CN1C[C@H]1CCN(c2cc(C(F)(F)F)ccn2)C1. The number of aliphatic hydroxyl groups excluding tert-OH is 4. The van der Waals surface area contributed by atoms with Gasteiger partial charge in [-0.2, -0.15) is 13.2 Å². The summed E-state index contributed by atoms with van der Waals surface area (Å²) in [5.41, 5.74) is -0.743. The Kier molecular flexibility index (Phi) is 5.92. The van der Waals surface area contributed by atoms with E-state index in [1.807, 2.05) is 0 Å². The van der Waals surface area contributed by atoms with Crippen molar-refractivity contribution in [3.05, 3.63) is 23.9 Å². The predicted molar refractivity (Wildman–Crippen MR) is 90.0 cm³/mol. The Morgan fingerprint density at radius 2 is 1.89 bits per heavy atom. The van der Waals surface area contributed by atoms with Gasteiger partial charge in [-0.3, -0.25) is 4.90 Å². The molecule has 0 unspecified atom stereocenters. The highest BCUT2D eigenvalue weighted by molar-refractivity contribution is 5.43. The number of nitrogens with zero attached hydrogens (tertiary/aromatic N) is 3. The van der Waals surface area contributed by atoms with Crippen LogP contribution < -0.4 is 4.90 Å². The molecule has 7 nitrogen and oxygen atoms in total. The number of likely N-dealkylation sites (tertiary alicyclic amines) is 1. The van der Waals surface area contributed by atoms with Crippen molar-refractivity contribution < 1.29 is 33.6 Å². The molecule has 152 valence electrons. The number of rotatable bonds is 4. The Labute approximate surface area is 154 Å².